The highest BCUT2D eigenvalue weighted by Crippen LogP contribution is 2.14. The van der Waals surface area contributed by atoms with E-state index in [1.54, 1.807) is 7.05 Å². The summed E-state index contributed by atoms with van der Waals surface area (Å²) in [5, 5.41) is 6.69. The molecular weight excluding hydrogens is 427 g/mol. The Kier molecular flexibility index (Phi) is 7.30. The van der Waals surface area contributed by atoms with E-state index >= 15 is 0 Å². The summed E-state index contributed by atoms with van der Waals surface area (Å²) in [4.78, 5) is 8.87. The van der Waals surface area contributed by atoms with Gasteiger partial charge in [-0.2, -0.15) is 0 Å². The van der Waals surface area contributed by atoms with Crippen LogP contribution in [0.25, 0.3) is 11.0 Å². The van der Waals surface area contributed by atoms with Gasteiger partial charge in [0.05, 0.1) is 11.0 Å². The molecule has 0 spiro atoms. The van der Waals surface area contributed by atoms with E-state index in [1.807, 2.05) is 31.2 Å². The molecule has 0 saturated heterocycles. The molecular formula is C18H25IN6. The van der Waals surface area contributed by atoms with Gasteiger partial charge in [0.2, 0.25) is 0 Å². The summed E-state index contributed by atoms with van der Waals surface area (Å²) in [7, 11) is 1.79. The summed E-state index contributed by atoms with van der Waals surface area (Å²) >= 11 is 0. The lowest BCUT2D eigenvalue weighted by Gasteiger charge is -2.13. The maximum absolute atomic E-state index is 4.60. The Hall–Kier alpha value is -2.03. The summed E-state index contributed by atoms with van der Waals surface area (Å²) in [5.41, 5.74) is 2.22. The third kappa shape index (κ3) is 4.97. The molecule has 2 heterocycles. The van der Waals surface area contributed by atoms with Crippen molar-refractivity contribution in [1.29, 1.82) is 0 Å². The molecule has 0 aliphatic rings. The van der Waals surface area contributed by atoms with Gasteiger partial charge in [0, 0.05) is 45.6 Å². The van der Waals surface area contributed by atoms with Crippen LogP contribution in [0.3, 0.4) is 0 Å². The van der Waals surface area contributed by atoms with Crippen LogP contribution in [-0.2, 0) is 13.1 Å². The molecule has 3 rings (SSSR count). The maximum atomic E-state index is 4.60. The van der Waals surface area contributed by atoms with Crippen molar-refractivity contribution in [2.24, 2.45) is 4.99 Å². The molecule has 0 unspecified atom stereocenters. The Morgan fingerprint density at radius 3 is 2.44 bits per heavy atom. The molecule has 2 aromatic heterocycles. The molecule has 0 aliphatic carbocycles. The van der Waals surface area contributed by atoms with Crippen LogP contribution in [0.15, 0.2) is 53.8 Å². The first kappa shape index (κ1) is 19.3. The minimum absolute atomic E-state index is 0. The van der Waals surface area contributed by atoms with E-state index in [9.17, 15) is 0 Å². The molecule has 134 valence electrons. The van der Waals surface area contributed by atoms with Crippen molar-refractivity contribution in [2.75, 3.05) is 20.1 Å². The van der Waals surface area contributed by atoms with Crippen LogP contribution < -0.4 is 10.6 Å². The van der Waals surface area contributed by atoms with Gasteiger partial charge < -0.3 is 19.8 Å². The Morgan fingerprint density at radius 1 is 1.04 bits per heavy atom. The van der Waals surface area contributed by atoms with E-state index in [0.29, 0.717) is 0 Å². The normalized spacial score (nSPS) is 11.4. The van der Waals surface area contributed by atoms with Crippen molar-refractivity contribution in [2.45, 2.75) is 20.0 Å². The molecule has 0 fully saturated rings. The number of aryl methyl sites for hydroxylation is 1. The number of aliphatic imine (C=N–C) groups is 1. The van der Waals surface area contributed by atoms with Gasteiger partial charge in [0.1, 0.15) is 5.82 Å². The summed E-state index contributed by atoms with van der Waals surface area (Å²) in [6.45, 7) is 5.44. The van der Waals surface area contributed by atoms with Crippen LogP contribution in [0.4, 0.5) is 0 Å². The van der Waals surface area contributed by atoms with Crippen LogP contribution in [0.5, 0.6) is 0 Å². The maximum Gasteiger partial charge on any atom is 0.191 e. The standard InChI is InChI=1S/C18H24N6.HI/c1-15-22-16-7-3-4-8-17(16)24(15)14-10-21-18(19-2)20-9-13-23-11-5-6-12-23;/h3-8,11-12H,9-10,13-14H2,1-2H3,(H2,19,20,21);1H. The fourth-order valence-electron chi connectivity index (χ4n) is 2.81. The number of hydrogen-bond donors (Lipinski definition) is 2. The monoisotopic (exact) mass is 452 g/mol. The van der Waals surface area contributed by atoms with Crippen LogP contribution in [0.2, 0.25) is 0 Å². The number of aromatic nitrogens is 3. The Morgan fingerprint density at radius 2 is 1.72 bits per heavy atom. The van der Waals surface area contributed by atoms with Gasteiger partial charge in [-0.3, -0.25) is 4.99 Å². The molecule has 3 aromatic rings. The average Bonchev–Trinajstić information content (AvgIpc) is 3.21. The number of hydrogen-bond acceptors (Lipinski definition) is 2. The first-order valence-corrected chi connectivity index (χ1v) is 8.25. The molecule has 25 heavy (non-hydrogen) atoms. The van der Waals surface area contributed by atoms with Crippen LogP contribution in [0.1, 0.15) is 5.82 Å². The number of nitrogens with zero attached hydrogens (tertiary/aromatic N) is 4. The number of halogens is 1. The van der Waals surface area contributed by atoms with E-state index in [2.05, 4.69) is 54.3 Å². The predicted octanol–water partition coefficient (Wildman–Crippen LogP) is 2.63. The van der Waals surface area contributed by atoms with Gasteiger partial charge in [-0.1, -0.05) is 12.1 Å². The second-order valence-corrected chi connectivity index (χ2v) is 5.65. The van der Waals surface area contributed by atoms with Crippen molar-refractivity contribution in [1.82, 2.24) is 24.8 Å². The molecule has 0 bridgehead atoms. The average molecular weight is 452 g/mol. The molecule has 0 aliphatic heterocycles. The second-order valence-electron chi connectivity index (χ2n) is 5.65. The van der Waals surface area contributed by atoms with Gasteiger partial charge in [-0.25, -0.2) is 4.98 Å². The van der Waals surface area contributed by atoms with E-state index in [4.69, 9.17) is 0 Å². The van der Waals surface area contributed by atoms with E-state index < -0.39 is 0 Å². The predicted molar refractivity (Wildman–Crippen MR) is 114 cm³/mol. The third-order valence-corrected chi connectivity index (χ3v) is 4.03. The molecule has 6 nitrogen and oxygen atoms in total. The summed E-state index contributed by atoms with van der Waals surface area (Å²) < 4.78 is 4.37. The number of imidazole rings is 1. The number of rotatable bonds is 6. The lowest BCUT2D eigenvalue weighted by atomic mass is 10.3. The molecule has 0 saturated carbocycles. The zero-order valence-corrected chi connectivity index (χ0v) is 17.0. The molecule has 7 heteroatoms. The Labute approximate surface area is 165 Å². The molecule has 0 radical (unpaired) electrons. The summed E-state index contributed by atoms with van der Waals surface area (Å²) in [6, 6.07) is 12.3. The van der Waals surface area contributed by atoms with Gasteiger partial charge >= 0.3 is 0 Å². The number of para-hydroxylation sites is 2. The molecule has 2 N–H and O–H groups in total. The van der Waals surface area contributed by atoms with Crippen molar-refractivity contribution < 1.29 is 0 Å². The highest BCUT2D eigenvalue weighted by Gasteiger charge is 2.06. The molecule has 0 amide bonds. The fraction of sp³-hybridized carbons (Fsp3) is 0.333. The highest BCUT2D eigenvalue weighted by molar-refractivity contribution is 14.0. The SMILES string of the molecule is CN=C(NCCn1cccc1)NCCn1c(C)nc2ccccc21.I. The Balaban J connectivity index is 0.00000225. The first-order chi connectivity index (χ1) is 11.8. The second kappa shape index (κ2) is 9.45. The smallest absolute Gasteiger partial charge is 0.191 e. The number of fused-ring (bicyclic) bond motifs is 1. The van der Waals surface area contributed by atoms with Gasteiger partial charge in [0.15, 0.2) is 5.96 Å². The van der Waals surface area contributed by atoms with Crippen molar-refractivity contribution in [3.63, 3.8) is 0 Å². The number of benzene rings is 1. The topological polar surface area (TPSA) is 59.2 Å². The van der Waals surface area contributed by atoms with E-state index in [1.165, 1.54) is 5.52 Å². The number of guanidine groups is 1. The number of nitrogens with one attached hydrogen (secondary N) is 2. The summed E-state index contributed by atoms with van der Waals surface area (Å²) in [6.07, 6.45) is 4.12. The van der Waals surface area contributed by atoms with Crippen LogP contribution in [-0.4, -0.2) is 40.2 Å². The van der Waals surface area contributed by atoms with E-state index in [0.717, 1.165) is 43.5 Å². The highest BCUT2D eigenvalue weighted by atomic mass is 127. The zero-order chi connectivity index (χ0) is 16.8. The minimum atomic E-state index is 0. The fourth-order valence-corrected chi connectivity index (χ4v) is 2.81. The van der Waals surface area contributed by atoms with Crippen molar-refractivity contribution in [3.05, 3.63) is 54.6 Å². The minimum Gasteiger partial charge on any atom is -0.355 e. The van der Waals surface area contributed by atoms with Gasteiger partial charge in [0.25, 0.3) is 0 Å². The first-order valence-electron chi connectivity index (χ1n) is 8.25. The Bertz CT molecular complexity index is 806. The lowest BCUT2D eigenvalue weighted by molar-refractivity contribution is 0.640. The molecule has 0 atom stereocenters. The lowest BCUT2D eigenvalue weighted by Crippen LogP contribution is -2.40. The largest absolute Gasteiger partial charge is 0.355 e. The molecule has 1 aromatic carbocycles. The van der Waals surface area contributed by atoms with E-state index in [-0.39, 0.29) is 24.0 Å². The van der Waals surface area contributed by atoms with Gasteiger partial charge in [-0.15, -0.1) is 24.0 Å². The zero-order valence-electron chi connectivity index (χ0n) is 14.6. The summed E-state index contributed by atoms with van der Waals surface area (Å²) in [5.74, 6) is 1.86. The van der Waals surface area contributed by atoms with Crippen LogP contribution >= 0.6 is 24.0 Å². The van der Waals surface area contributed by atoms with Crippen LogP contribution in [0, 0.1) is 6.92 Å². The van der Waals surface area contributed by atoms with Crippen molar-refractivity contribution in [3.8, 4) is 0 Å². The third-order valence-electron chi connectivity index (χ3n) is 4.03. The quantitative estimate of drug-likeness (QED) is 0.344. The van der Waals surface area contributed by atoms with Crippen molar-refractivity contribution >= 4 is 41.0 Å². The van der Waals surface area contributed by atoms with Gasteiger partial charge in [-0.05, 0) is 31.2 Å².